The Labute approximate surface area is 158 Å². The Bertz CT molecular complexity index is 839. The van der Waals surface area contributed by atoms with E-state index >= 15 is 0 Å². The van der Waals surface area contributed by atoms with E-state index in [1.54, 1.807) is 50.2 Å². The minimum Gasteiger partial charge on any atom is -0.507 e. The molecule has 2 aromatic rings. The lowest BCUT2D eigenvalue weighted by Crippen LogP contribution is -2.20. The normalized spacial score (nSPS) is 10.6. The molecule has 142 valence electrons. The van der Waals surface area contributed by atoms with E-state index in [1.807, 2.05) is 0 Å². The zero-order valence-electron chi connectivity index (χ0n) is 15.6. The van der Waals surface area contributed by atoms with Crippen LogP contribution >= 0.6 is 0 Å². The van der Waals surface area contributed by atoms with Crippen LogP contribution in [0.15, 0.2) is 41.5 Å². The number of hydrogen-bond donors (Lipinski definition) is 3. The number of ether oxygens (including phenoxy) is 1. The fourth-order valence-corrected chi connectivity index (χ4v) is 2.49. The van der Waals surface area contributed by atoms with Gasteiger partial charge in [0.2, 0.25) is 11.8 Å². The molecule has 0 unspecified atom stereocenters. The van der Waals surface area contributed by atoms with Crippen molar-refractivity contribution >= 4 is 23.7 Å². The zero-order valence-corrected chi connectivity index (χ0v) is 15.6. The number of carbonyl (C=O) groups is 2. The minimum atomic E-state index is -0.367. The van der Waals surface area contributed by atoms with Gasteiger partial charge in [0.1, 0.15) is 11.5 Å². The second kappa shape index (κ2) is 9.38. The third-order valence-corrected chi connectivity index (χ3v) is 3.88. The van der Waals surface area contributed by atoms with Gasteiger partial charge in [0.15, 0.2) is 0 Å². The van der Waals surface area contributed by atoms with Crippen LogP contribution < -0.4 is 15.5 Å². The molecule has 3 N–H and O–H groups in total. The number of phenols is 1. The van der Waals surface area contributed by atoms with Crippen molar-refractivity contribution in [3.63, 3.8) is 0 Å². The summed E-state index contributed by atoms with van der Waals surface area (Å²) in [4.78, 5) is 23.8. The van der Waals surface area contributed by atoms with Crippen molar-refractivity contribution in [1.82, 2.24) is 5.43 Å². The number of phenolic OH excluding ortho intramolecular Hbond substituents is 1. The van der Waals surface area contributed by atoms with Gasteiger partial charge in [0, 0.05) is 12.8 Å². The molecule has 0 bridgehead atoms. The first-order valence-corrected chi connectivity index (χ1v) is 8.45. The van der Waals surface area contributed by atoms with Crippen molar-refractivity contribution in [2.24, 2.45) is 5.10 Å². The molecule has 2 amide bonds. The smallest absolute Gasteiger partial charge is 0.240 e. The van der Waals surface area contributed by atoms with Gasteiger partial charge in [-0.3, -0.25) is 9.59 Å². The summed E-state index contributed by atoms with van der Waals surface area (Å²) in [5, 5.41) is 16.3. The predicted octanol–water partition coefficient (Wildman–Crippen LogP) is 2.89. The lowest BCUT2D eigenvalue weighted by Gasteiger charge is -2.09. The monoisotopic (exact) mass is 369 g/mol. The van der Waals surface area contributed by atoms with Gasteiger partial charge >= 0.3 is 0 Å². The molecule has 0 fully saturated rings. The average molecular weight is 369 g/mol. The molecule has 0 saturated carbocycles. The van der Waals surface area contributed by atoms with Crippen molar-refractivity contribution in [3.8, 4) is 11.5 Å². The molecule has 0 spiro atoms. The van der Waals surface area contributed by atoms with Gasteiger partial charge < -0.3 is 15.2 Å². The number of hydrogen-bond acceptors (Lipinski definition) is 5. The molecule has 2 rings (SSSR count). The Morgan fingerprint density at radius 2 is 1.74 bits per heavy atom. The molecule has 7 heteroatoms. The maximum atomic E-state index is 12.0. The molecule has 0 aliphatic carbocycles. The highest BCUT2D eigenvalue weighted by atomic mass is 16.5. The van der Waals surface area contributed by atoms with Gasteiger partial charge in [0.25, 0.3) is 0 Å². The molecule has 0 heterocycles. The van der Waals surface area contributed by atoms with Crippen molar-refractivity contribution < 1.29 is 19.4 Å². The summed E-state index contributed by atoms with van der Waals surface area (Å²) >= 11 is 0. The van der Waals surface area contributed by atoms with Crippen molar-refractivity contribution in [2.45, 2.75) is 26.7 Å². The maximum Gasteiger partial charge on any atom is 0.240 e. The Kier molecular flexibility index (Phi) is 6.93. The quantitative estimate of drug-likeness (QED) is 0.516. The minimum absolute atomic E-state index is 0.00591. The fourth-order valence-electron chi connectivity index (χ4n) is 2.49. The van der Waals surface area contributed by atoms with E-state index in [0.29, 0.717) is 11.4 Å². The van der Waals surface area contributed by atoms with Gasteiger partial charge in [-0.15, -0.1) is 0 Å². The number of para-hydroxylation sites is 2. The Morgan fingerprint density at radius 3 is 2.41 bits per heavy atom. The molecule has 27 heavy (non-hydrogen) atoms. The van der Waals surface area contributed by atoms with Crippen LogP contribution in [0.1, 0.15) is 29.5 Å². The van der Waals surface area contributed by atoms with Gasteiger partial charge in [-0.25, -0.2) is 5.43 Å². The van der Waals surface area contributed by atoms with Gasteiger partial charge in [-0.2, -0.15) is 5.10 Å². The third-order valence-electron chi connectivity index (χ3n) is 3.88. The van der Waals surface area contributed by atoms with E-state index in [-0.39, 0.29) is 30.4 Å². The molecule has 7 nitrogen and oxygen atoms in total. The molecule has 0 radical (unpaired) electrons. The number of methoxy groups -OCH3 is 1. The molecule has 0 saturated heterocycles. The molecule has 0 atom stereocenters. The van der Waals surface area contributed by atoms with Crippen molar-refractivity contribution in [1.29, 1.82) is 0 Å². The lowest BCUT2D eigenvalue weighted by atomic mass is 10.1. The van der Waals surface area contributed by atoms with E-state index < -0.39 is 0 Å². The molecular weight excluding hydrogens is 346 g/mol. The summed E-state index contributed by atoms with van der Waals surface area (Å²) in [7, 11) is 1.52. The highest BCUT2D eigenvalue weighted by molar-refractivity contribution is 5.94. The fraction of sp³-hybridized carbons (Fsp3) is 0.250. The number of nitrogens with zero attached hydrogens (tertiary/aromatic N) is 1. The number of amides is 2. The van der Waals surface area contributed by atoms with E-state index in [9.17, 15) is 14.7 Å². The highest BCUT2D eigenvalue weighted by Crippen LogP contribution is 2.23. The Morgan fingerprint density at radius 1 is 1.11 bits per heavy atom. The number of aromatic hydroxyl groups is 1. The Hall–Kier alpha value is -3.35. The van der Waals surface area contributed by atoms with E-state index in [4.69, 9.17) is 4.74 Å². The molecule has 0 aliphatic heterocycles. The number of aryl methyl sites for hydroxylation is 2. The molecular formula is C20H23N3O4. The lowest BCUT2D eigenvalue weighted by molar-refractivity contribution is -0.124. The van der Waals surface area contributed by atoms with E-state index in [0.717, 1.165) is 16.7 Å². The SMILES string of the molecule is COc1ccccc1NC(=O)CCC(=O)N/N=C/c1cc(C)c(O)c(C)c1. The first-order chi connectivity index (χ1) is 12.9. The second-order valence-corrected chi connectivity index (χ2v) is 6.04. The van der Waals surface area contributed by atoms with Gasteiger partial charge in [-0.1, -0.05) is 12.1 Å². The van der Waals surface area contributed by atoms with Crippen LogP contribution in [0.2, 0.25) is 0 Å². The molecule has 0 aromatic heterocycles. The summed E-state index contributed by atoms with van der Waals surface area (Å²) < 4.78 is 5.16. The largest absolute Gasteiger partial charge is 0.507 e. The summed E-state index contributed by atoms with van der Waals surface area (Å²) in [5.74, 6) is 0.147. The van der Waals surface area contributed by atoms with Crippen LogP contribution in [0.4, 0.5) is 5.69 Å². The molecule has 0 aliphatic rings. The standard InChI is InChI=1S/C20H23N3O4/c1-13-10-15(11-14(2)20(13)26)12-21-23-19(25)9-8-18(24)22-16-6-4-5-7-17(16)27-3/h4-7,10-12,26H,8-9H2,1-3H3,(H,22,24)(H,23,25)/b21-12+. The third kappa shape index (κ3) is 5.85. The first kappa shape index (κ1) is 20.0. The average Bonchev–Trinajstić information content (AvgIpc) is 2.65. The zero-order chi connectivity index (χ0) is 19.8. The van der Waals surface area contributed by atoms with Gasteiger partial charge in [0.05, 0.1) is 19.0 Å². The summed E-state index contributed by atoms with van der Waals surface area (Å²) in [6.07, 6.45) is 1.52. The first-order valence-electron chi connectivity index (χ1n) is 8.45. The number of hydrazone groups is 1. The number of benzene rings is 2. The van der Waals surface area contributed by atoms with Crippen molar-refractivity contribution in [3.05, 3.63) is 53.1 Å². The molecule has 2 aromatic carbocycles. The number of rotatable bonds is 7. The van der Waals surface area contributed by atoms with Crippen LogP contribution in [0.5, 0.6) is 11.5 Å². The number of anilines is 1. The van der Waals surface area contributed by atoms with Crippen LogP contribution in [-0.2, 0) is 9.59 Å². The van der Waals surface area contributed by atoms with Crippen LogP contribution in [0.3, 0.4) is 0 Å². The topological polar surface area (TPSA) is 100 Å². The summed E-state index contributed by atoms with van der Waals surface area (Å²) in [6, 6.07) is 10.6. The van der Waals surface area contributed by atoms with E-state index in [2.05, 4.69) is 15.8 Å². The summed E-state index contributed by atoms with van der Waals surface area (Å²) in [5.41, 5.74) is 5.17. The second-order valence-electron chi connectivity index (χ2n) is 6.04. The number of carbonyl (C=O) groups excluding carboxylic acids is 2. The van der Waals surface area contributed by atoms with Crippen LogP contribution in [0, 0.1) is 13.8 Å². The van der Waals surface area contributed by atoms with Crippen molar-refractivity contribution in [2.75, 3.05) is 12.4 Å². The van der Waals surface area contributed by atoms with Crippen LogP contribution in [-0.4, -0.2) is 30.2 Å². The number of nitrogens with one attached hydrogen (secondary N) is 2. The van der Waals surface area contributed by atoms with Crippen LogP contribution in [0.25, 0.3) is 0 Å². The predicted molar refractivity (Wildman–Crippen MR) is 104 cm³/mol. The van der Waals surface area contributed by atoms with E-state index in [1.165, 1.54) is 13.3 Å². The maximum absolute atomic E-state index is 12.0. The highest BCUT2D eigenvalue weighted by Gasteiger charge is 2.09. The Balaban J connectivity index is 1.81. The summed E-state index contributed by atoms with van der Waals surface area (Å²) in [6.45, 7) is 3.58. The van der Waals surface area contributed by atoms with Gasteiger partial charge in [-0.05, 0) is 54.8 Å².